The monoisotopic (exact) mass is 413 g/mol. The highest BCUT2D eigenvalue weighted by molar-refractivity contribution is 6.17. The number of hydrogen-bond acceptors (Lipinski definition) is 4. The van der Waals surface area contributed by atoms with E-state index in [9.17, 15) is 9.59 Å². The van der Waals surface area contributed by atoms with Gasteiger partial charge in [-0.25, -0.2) is 4.79 Å². The Bertz CT molecular complexity index is 1220. The van der Waals surface area contributed by atoms with Crippen molar-refractivity contribution in [1.29, 1.82) is 0 Å². The molecule has 0 aliphatic carbocycles. The second-order valence-corrected chi connectivity index (χ2v) is 7.32. The van der Waals surface area contributed by atoms with E-state index in [1.165, 1.54) is 7.11 Å². The van der Waals surface area contributed by atoms with Crippen LogP contribution in [0.1, 0.15) is 18.1 Å². The molecule has 31 heavy (non-hydrogen) atoms. The van der Waals surface area contributed by atoms with E-state index in [0.717, 1.165) is 27.6 Å². The zero-order valence-corrected chi connectivity index (χ0v) is 17.7. The van der Waals surface area contributed by atoms with Gasteiger partial charge in [-0.05, 0) is 47.0 Å². The number of benzene rings is 3. The summed E-state index contributed by atoms with van der Waals surface area (Å²) < 4.78 is 10.2. The Kier molecular flexibility index (Phi) is 5.58. The van der Waals surface area contributed by atoms with Gasteiger partial charge in [0.15, 0.2) is 0 Å². The maximum absolute atomic E-state index is 13.4. The van der Waals surface area contributed by atoms with Crippen LogP contribution in [0.4, 0.5) is 0 Å². The molecule has 0 spiro atoms. The molecule has 5 heteroatoms. The number of amides is 1. The first-order valence-corrected chi connectivity index (χ1v) is 9.97. The van der Waals surface area contributed by atoms with Crippen molar-refractivity contribution in [3.8, 4) is 5.75 Å². The molecule has 3 aromatic rings. The third kappa shape index (κ3) is 3.82. The highest BCUT2D eigenvalue weighted by Gasteiger charge is 2.37. The summed E-state index contributed by atoms with van der Waals surface area (Å²) in [5, 5.41) is 2.08. The summed E-state index contributed by atoms with van der Waals surface area (Å²) in [7, 11) is 2.94. The van der Waals surface area contributed by atoms with Gasteiger partial charge < -0.3 is 14.4 Å². The second kappa shape index (κ2) is 8.48. The van der Waals surface area contributed by atoms with Gasteiger partial charge in [0.25, 0.3) is 5.91 Å². The number of ether oxygens (including phenoxy) is 2. The summed E-state index contributed by atoms with van der Waals surface area (Å²) in [6.07, 6.45) is 1.79. The molecule has 1 heterocycles. The lowest BCUT2D eigenvalue weighted by Gasteiger charge is -2.18. The molecule has 3 aromatic carbocycles. The molecule has 0 bridgehead atoms. The molecule has 0 fully saturated rings. The van der Waals surface area contributed by atoms with Gasteiger partial charge in [-0.1, -0.05) is 54.6 Å². The maximum Gasteiger partial charge on any atom is 0.340 e. The summed E-state index contributed by atoms with van der Waals surface area (Å²) >= 11 is 0. The van der Waals surface area contributed by atoms with Crippen molar-refractivity contribution in [2.75, 3.05) is 14.2 Å². The van der Waals surface area contributed by atoms with Crippen LogP contribution < -0.4 is 4.74 Å². The largest absolute Gasteiger partial charge is 0.497 e. The Hall–Kier alpha value is -3.86. The summed E-state index contributed by atoms with van der Waals surface area (Å²) in [5.41, 5.74) is 3.04. The average Bonchev–Trinajstić information content (AvgIpc) is 3.03. The van der Waals surface area contributed by atoms with Crippen LogP contribution in [-0.2, 0) is 20.9 Å². The van der Waals surface area contributed by atoms with Crippen LogP contribution in [0, 0.1) is 0 Å². The number of rotatable bonds is 5. The van der Waals surface area contributed by atoms with E-state index in [4.69, 9.17) is 9.47 Å². The lowest BCUT2D eigenvalue weighted by atomic mass is 9.99. The maximum atomic E-state index is 13.4. The van der Waals surface area contributed by atoms with E-state index < -0.39 is 5.97 Å². The van der Waals surface area contributed by atoms with Gasteiger partial charge in [-0.2, -0.15) is 0 Å². The SMILES string of the molecule is COC(=O)C1=C(C)N(Cc2ccc(OC)cc2)C(=O)/C1=C\c1cccc2ccccc12. The summed E-state index contributed by atoms with van der Waals surface area (Å²) in [4.78, 5) is 27.6. The number of methoxy groups -OCH3 is 2. The molecule has 156 valence electrons. The Balaban J connectivity index is 1.77. The van der Waals surface area contributed by atoms with Gasteiger partial charge in [0, 0.05) is 5.70 Å². The predicted octanol–water partition coefficient (Wildman–Crippen LogP) is 4.72. The lowest BCUT2D eigenvalue weighted by Crippen LogP contribution is -2.24. The van der Waals surface area contributed by atoms with E-state index in [1.54, 1.807) is 25.0 Å². The molecule has 0 atom stereocenters. The fourth-order valence-corrected chi connectivity index (χ4v) is 3.86. The highest BCUT2D eigenvalue weighted by atomic mass is 16.5. The Morgan fingerprint density at radius 3 is 2.39 bits per heavy atom. The van der Waals surface area contributed by atoms with Gasteiger partial charge >= 0.3 is 5.97 Å². The van der Waals surface area contributed by atoms with Gasteiger partial charge in [-0.3, -0.25) is 4.79 Å². The van der Waals surface area contributed by atoms with Gasteiger partial charge in [-0.15, -0.1) is 0 Å². The number of allylic oxidation sites excluding steroid dienone is 1. The molecular formula is C26H23NO4. The first-order valence-electron chi connectivity index (χ1n) is 9.97. The molecule has 4 rings (SSSR count). The number of hydrogen-bond donors (Lipinski definition) is 0. The minimum atomic E-state index is -0.519. The van der Waals surface area contributed by atoms with Crippen LogP contribution in [0.15, 0.2) is 83.6 Å². The number of esters is 1. The van der Waals surface area contributed by atoms with Crippen LogP contribution >= 0.6 is 0 Å². The van der Waals surface area contributed by atoms with Crippen molar-refractivity contribution in [2.45, 2.75) is 13.5 Å². The number of nitrogens with zero attached hydrogens (tertiary/aromatic N) is 1. The smallest absolute Gasteiger partial charge is 0.340 e. The Morgan fingerprint density at radius 1 is 0.968 bits per heavy atom. The molecule has 1 aliphatic rings. The average molecular weight is 413 g/mol. The zero-order valence-electron chi connectivity index (χ0n) is 17.7. The molecule has 1 amide bonds. The van der Waals surface area contributed by atoms with Crippen LogP contribution in [-0.4, -0.2) is 31.0 Å². The van der Waals surface area contributed by atoms with Gasteiger partial charge in [0.1, 0.15) is 5.75 Å². The summed E-state index contributed by atoms with van der Waals surface area (Å²) in [6, 6.07) is 21.4. The first kappa shape index (κ1) is 20.4. The van der Waals surface area contributed by atoms with Crippen molar-refractivity contribution in [3.05, 3.63) is 94.7 Å². The molecule has 0 saturated carbocycles. The Labute approximate surface area is 181 Å². The van der Waals surface area contributed by atoms with Gasteiger partial charge in [0.05, 0.1) is 31.9 Å². The van der Waals surface area contributed by atoms with E-state index in [0.29, 0.717) is 23.4 Å². The third-order valence-corrected chi connectivity index (χ3v) is 5.52. The normalized spacial score (nSPS) is 15.1. The van der Waals surface area contributed by atoms with Crippen LogP contribution in [0.3, 0.4) is 0 Å². The topological polar surface area (TPSA) is 55.8 Å². The van der Waals surface area contributed by atoms with E-state index in [1.807, 2.05) is 66.7 Å². The number of fused-ring (bicyclic) bond motifs is 1. The fraction of sp³-hybridized carbons (Fsp3) is 0.154. The van der Waals surface area contributed by atoms with Crippen LogP contribution in [0.25, 0.3) is 16.8 Å². The predicted molar refractivity (Wildman–Crippen MR) is 120 cm³/mol. The molecule has 0 unspecified atom stereocenters. The molecule has 0 saturated heterocycles. The molecule has 0 N–H and O–H groups in total. The number of carbonyl (C=O) groups excluding carboxylic acids is 2. The summed E-state index contributed by atoms with van der Waals surface area (Å²) in [6.45, 7) is 2.12. The van der Waals surface area contributed by atoms with Crippen LogP contribution in [0.2, 0.25) is 0 Å². The number of carbonyl (C=O) groups is 2. The fourth-order valence-electron chi connectivity index (χ4n) is 3.86. The van der Waals surface area contributed by atoms with E-state index >= 15 is 0 Å². The van der Waals surface area contributed by atoms with Crippen molar-refractivity contribution in [2.24, 2.45) is 0 Å². The lowest BCUT2D eigenvalue weighted by molar-refractivity contribution is -0.136. The van der Waals surface area contributed by atoms with Crippen molar-refractivity contribution < 1.29 is 19.1 Å². The van der Waals surface area contributed by atoms with Crippen LogP contribution in [0.5, 0.6) is 5.75 Å². The van der Waals surface area contributed by atoms with E-state index in [2.05, 4.69) is 0 Å². The standard InChI is InChI=1S/C26H23NO4/c1-17-24(26(29)31-3)23(15-20-9-6-8-19-7-4-5-10-22(19)20)25(28)27(17)16-18-11-13-21(30-2)14-12-18/h4-15H,16H2,1-3H3/b23-15-. The quantitative estimate of drug-likeness (QED) is 0.449. The summed E-state index contributed by atoms with van der Waals surface area (Å²) in [5.74, 6) is 0.00627. The van der Waals surface area contributed by atoms with Crippen molar-refractivity contribution in [3.63, 3.8) is 0 Å². The zero-order chi connectivity index (χ0) is 22.0. The minimum absolute atomic E-state index is 0.221. The van der Waals surface area contributed by atoms with E-state index in [-0.39, 0.29) is 5.91 Å². The first-order chi connectivity index (χ1) is 15.0. The molecule has 0 aromatic heterocycles. The van der Waals surface area contributed by atoms with Gasteiger partial charge in [0.2, 0.25) is 0 Å². The molecule has 0 radical (unpaired) electrons. The van der Waals surface area contributed by atoms with Crippen molar-refractivity contribution in [1.82, 2.24) is 4.90 Å². The molecule has 5 nitrogen and oxygen atoms in total. The minimum Gasteiger partial charge on any atom is -0.497 e. The highest BCUT2D eigenvalue weighted by Crippen LogP contribution is 2.34. The molecular weight excluding hydrogens is 390 g/mol. The molecule has 1 aliphatic heterocycles. The second-order valence-electron chi connectivity index (χ2n) is 7.32. The Morgan fingerprint density at radius 2 is 1.68 bits per heavy atom. The third-order valence-electron chi connectivity index (χ3n) is 5.52. The van der Waals surface area contributed by atoms with Crippen molar-refractivity contribution >= 4 is 28.7 Å².